The van der Waals surface area contributed by atoms with Crippen molar-refractivity contribution in [3.8, 4) is 5.75 Å². The average Bonchev–Trinajstić information content (AvgIpc) is 2.34. The van der Waals surface area contributed by atoms with E-state index in [1.165, 1.54) is 0 Å². The highest BCUT2D eigenvalue weighted by Gasteiger charge is 2.06. The van der Waals surface area contributed by atoms with Gasteiger partial charge in [0.25, 0.3) is 0 Å². The molecule has 2 aromatic carbocycles. The van der Waals surface area contributed by atoms with Gasteiger partial charge >= 0.3 is 0 Å². The molecule has 2 N–H and O–H groups in total. The normalized spacial score (nSPS) is 12.2. The van der Waals surface area contributed by atoms with Gasteiger partial charge in [0.1, 0.15) is 5.75 Å². The van der Waals surface area contributed by atoms with Crippen LogP contribution in [0, 0.1) is 6.92 Å². The van der Waals surface area contributed by atoms with E-state index in [4.69, 9.17) is 11.6 Å². The van der Waals surface area contributed by atoms with Crippen LogP contribution in [0.25, 0.3) is 0 Å². The number of phenols is 1. The fourth-order valence-corrected chi connectivity index (χ4v) is 2.05. The summed E-state index contributed by atoms with van der Waals surface area (Å²) in [6.07, 6.45) is 0. The predicted octanol–water partition coefficient (Wildman–Crippen LogP) is 4.53. The first kappa shape index (κ1) is 12.8. The third-order valence-electron chi connectivity index (χ3n) is 2.93. The lowest BCUT2D eigenvalue weighted by atomic mass is 10.1. The quantitative estimate of drug-likeness (QED) is 0.796. The highest BCUT2D eigenvalue weighted by molar-refractivity contribution is 6.30. The van der Waals surface area contributed by atoms with Crippen molar-refractivity contribution in [2.75, 3.05) is 5.32 Å². The van der Waals surface area contributed by atoms with Gasteiger partial charge in [0, 0.05) is 16.8 Å². The van der Waals surface area contributed by atoms with E-state index in [0.29, 0.717) is 5.75 Å². The molecule has 2 rings (SSSR count). The second kappa shape index (κ2) is 5.32. The number of aromatic hydroxyl groups is 1. The van der Waals surface area contributed by atoms with Gasteiger partial charge in [-0.05, 0) is 55.3 Å². The average molecular weight is 262 g/mol. The van der Waals surface area contributed by atoms with Crippen LogP contribution in [0.15, 0.2) is 42.5 Å². The Morgan fingerprint density at radius 3 is 2.61 bits per heavy atom. The summed E-state index contributed by atoms with van der Waals surface area (Å²) >= 11 is 5.98. The van der Waals surface area contributed by atoms with Crippen molar-refractivity contribution in [1.82, 2.24) is 0 Å². The van der Waals surface area contributed by atoms with E-state index in [-0.39, 0.29) is 6.04 Å². The Morgan fingerprint density at radius 2 is 1.94 bits per heavy atom. The van der Waals surface area contributed by atoms with E-state index in [0.717, 1.165) is 21.8 Å². The van der Waals surface area contributed by atoms with Gasteiger partial charge in [0.15, 0.2) is 0 Å². The molecule has 0 amide bonds. The third kappa shape index (κ3) is 2.96. The molecular formula is C15H16ClNO. The number of benzene rings is 2. The summed E-state index contributed by atoms with van der Waals surface area (Å²) in [4.78, 5) is 0. The molecule has 0 heterocycles. The van der Waals surface area contributed by atoms with E-state index in [1.807, 2.05) is 43.3 Å². The smallest absolute Gasteiger partial charge is 0.118 e. The van der Waals surface area contributed by atoms with Crippen molar-refractivity contribution < 1.29 is 5.11 Å². The molecule has 94 valence electrons. The van der Waals surface area contributed by atoms with E-state index < -0.39 is 0 Å². The fraction of sp³-hybridized carbons (Fsp3) is 0.200. The molecule has 0 saturated carbocycles. The van der Waals surface area contributed by atoms with Gasteiger partial charge in [-0.3, -0.25) is 0 Å². The summed E-state index contributed by atoms with van der Waals surface area (Å²) in [6.45, 7) is 3.96. The first-order valence-corrected chi connectivity index (χ1v) is 6.25. The zero-order valence-electron chi connectivity index (χ0n) is 10.4. The number of halogens is 1. The molecule has 0 saturated heterocycles. The lowest BCUT2D eigenvalue weighted by Crippen LogP contribution is -2.06. The predicted molar refractivity (Wildman–Crippen MR) is 76.3 cm³/mol. The number of phenolic OH excluding ortho intramolecular Hbond substituents is 1. The van der Waals surface area contributed by atoms with Crippen molar-refractivity contribution in [1.29, 1.82) is 0 Å². The van der Waals surface area contributed by atoms with Crippen molar-refractivity contribution >= 4 is 17.3 Å². The van der Waals surface area contributed by atoms with Crippen LogP contribution < -0.4 is 5.32 Å². The SMILES string of the molecule is Cc1cc(NC(C)c2cccc(Cl)c2)ccc1O. The number of hydrogen-bond acceptors (Lipinski definition) is 2. The zero-order valence-corrected chi connectivity index (χ0v) is 11.2. The van der Waals surface area contributed by atoms with Gasteiger partial charge in [-0.2, -0.15) is 0 Å². The van der Waals surface area contributed by atoms with E-state index in [9.17, 15) is 5.11 Å². The molecule has 0 aromatic heterocycles. The van der Waals surface area contributed by atoms with Crippen molar-refractivity contribution in [2.45, 2.75) is 19.9 Å². The minimum atomic E-state index is 0.160. The Hall–Kier alpha value is -1.67. The molecule has 1 unspecified atom stereocenters. The van der Waals surface area contributed by atoms with Gasteiger partial charge in [-0.25, -0.2) is 0 Å². The zero-order chi connectivity index (χ0) is 13.1. The van der Waals surface area contributed by atoms with Crippen LogP contribution in [-0.4, -0.2) is 5.11 Å². The number of rotatable bonds is 3. The molecule has 0 spiro atoms. The summed E-state index contributed by atoms with van der Waals surface area (Å²) in [5.41, 5.74) is 2.98. The van der Waals surface area contributed by atoms with Crippen LogP contribution in [0.3, 0.4) is 0 Å². The second-order valence-corrected chi connectivity index (χ2v) is 4.86. The lowest BCUT2D eigenvalue weighted by molar-refractivity contribution is 0.471. The molecule has 0 fully saturated rings. The van der Waals surface area contributed by atoms with Crippen molar-refractivity contribution in [3.63, 3.8) is 0 Å². The minimum absolute atomic E-state index is 0.160. The van der Waals surface area contributed by atoms with E-state index in [1.54, 1.807) is 6.07 Å². The van der Waals surface area contributed by atoms with E-state index in [2.05, 4.69) is 12.2 Å². The Labute approximate surface area is 112 Å². The molecule has 0 bridgehead atoms. The third-order valence-corrected chi connectivity index (χ3v) is 3.16. The van der Waals surface area contributed by atoms with Crippen LogP contribution >= 0.6 is 11.6 Å². The maximum atomic E-state index is 9.49. The van der Waals surface area contributed by atoms with Gasteiger partial charge in [-0.15, -0.1) is 0 Å². The molecule has 0 aliphatic carbocycles. The first-order valence-electron chi connectivity index (χ1n) is 5.88. The Morgan fingerprint density at radius 1 is 1.17 bits per heavy atom. The summed E-state index contributed by atoms with van der Waals surface area (Å²) in [6, 6.07) is 13.4. The molecule has 0 aliphatic rings. The fourth-order valence-electron chi connectivity index (χ4n) is 1.85. The second-order valence-electron chi connectivity index (χ2n) is 4.42. The van der Waals surface area contributed by atoms with Gasteiger partial charge in [0.2, 0.25) is 0 Å². The number of hydrogen-bond donors (Lipinski definition) is 2. The molecule has 0 aliphatic heterocycles. The Balaban J connectivity index is 2.16. The van der Waals surface area contributed by atoms with Gasteiger partial charge in [-0.1, -0.05) is 23.7 Å². The molecule has 2 nitrogen and oxygen atoms in total. The summed E-state index contributed by atoms with van der Waals surface area (Å²) < 4.78 is 0. The van der Waals surface area contributed by atoms with E-state index >= 15 is 0 Å². The monoisotopic (exact) mass is 261 g/mol. The highest BCUT2D eigenvalue weighted by atomic mass is 35.5. The molecule has 18 heavy (non-hydrogen) atoms. The largest absolute Gasteiger partial charge is 0.508 e. The molecular weight excluding hydrogens is 246 g/mol. The Bertz CT molecular complexity index is 554. The van der Waals surface area contributed by atoms with Gasteiger partial charge < -0.3 is 10.4 Å². The maximum absolute atomic E-state index is 9.49. The first-order chi connectivity index (χ1) is 8.56. The summed E-state index contributed by atoms with van der Waals surface area (Å²) in [5, 5.41) is 13.6. The van der Waals surface area contributed by atoms with Crippen LogP contribution in [0.5, 0.6) is 5.75 Å². The van der Waals surface area contributed by atoms with Gasteiger partial charge in [0.05, 0.1) is 0 Å². The molecule has 2 aromatic rings. The lowest BCUT2D eigenvalue weighted by Gasteiger charge is -2.16. The molecule has 1 atom stereocenters. The van der Waals surface area contributed by atoms with Crippen LogP contribution in [0.1, 0.15) is 24.1 Å². The minimum Gasteiger partial charge on any atom is -0.508 e. The molecule has 3 heteroatoms. The number of anilines is 1. The summed E-state index contributed by atoms with van der Waals surface area (Å²) in [7, 11) is 0. The van der Waals surface area contributed by atoms with Crippen molar-refractivity contribution in [3.05, 3.63) is 58.6 Å². The van der Waals surface area contributed by atoms with Crippen LogP contribution in [0.4, 0.5) is 5.69 Å². The number of aryl methyl sites for hydroxylation is 1. The van der Waals surface area contributed by atoms with Crippen LogP contribution in [0.2, 0.25) is 5.02 Å². The topological polar surface area (TPSA) is 32.3 Å². The Kier molecular flexibility index (Phi) is 3.78. The van der Waals surface area contributed by atoms with Crippen molar-refractivity contribution in [2.24, 2.45) is 0 Å². The number of nitrogens with one attached hydrogen (secondary N) is 1. The maximum Gasteiger partial charge on any atom is 0.118 e. The van der Waals surface area contributed by atoms with Crippen LogP contribution in [-0.2, 0) is 0 Å². The standard InChI is InChI=1S/C15H16ClNO/c1-10-8-14(6-7-15(10)18)17-11(2)12-4-3-5-13(16)9-12/h3-9,11,17-18H,1-2H3. The summed E-state index contributed by atoms with van der Waals surface area (Å²) in [5.74, 6) is 0.316. The highest BCUT2D eigenvalue weighted by Crippen LogP contribution is 2.25. The molecule has 0 radical (unpaired) electrons.